The minimum atomic E-state index is -0.637. The van der Waals surface area contributed by atoms with Gasteiger partial charge in [-0.05, 0) is 6.92 Å². The molecule has 1 N–H and O–H groups in total. The van der Waals surface area contributed by atoms with Crippen molar-refractivity contribution in [1.82, 2.24) is 0 Å². The summed E-state index contributed by atoms with van der Waals surface area (Å²) in [5.41, 5.74) is 0. The Hall–Kier alpha value is -0.790. The van der Waals surface area contributed by atoms with Gasteiger partial charge in [-0.2, -0.15) is 0 Å². The molecule has 0 aromatic heterocycles. The van der Waals surface area contributed by atoms with Gasteiger partial charge in [-0.25, -0.2) is 4.79 Å². The Kier molecular flexibility index (Phi) is 1.39. The number of carboxylic acids is 1. The van der Waals surface area contributed by atoms with Crippen molar-refractivity contribution in [2.45, 2.75) is 6.92 Å². The van der Waals surface area contributed by atoms with Gasteiger partial charge in [-0.1, -0.05) is 6.08 Å². The lowest BCUT2D eigenvalue weighted by molar-refractivity contribution is -0.131. The Morgan fingerprint density at radius 1 is 2.17 bits per heavy atom. The van der Waals surface area contributed by atoms with Gasteiger partial charge in [0.1, 0.15) is 0 Å². The highest BCUT2D eigenvalue weighted by Crippen LogP contribution is 1.65. The Morgan fingerprint density at radius 3 is 3.00 bits per heavy atom. The summed E-state index contributed by atoms with van der Waals surface area (Å²) in [7, 11) is 0. The number of hydrogen-bond donors (Lipinski definition) is 1. The molecule has 0 rings (SSSR count). The highest BCUT2D eigenvalue weighted by molar-refractivity contribution is 5.79. The van der Waals surface area contributed by atoms with Crippen LogP contribution in [-0.2, 0) is 4.79 Å². The molecule has 6 heavy (non-hydrogen) atoms. The smallest absolute Gasteiger partial charge is 0.327 e. The lowest BCUT2D eigenvalue weighted by atomic mass is 10.5. The molecule has 34 valence electrons. The van der Waals surface area contributed by atoms with Crippen LogP contribution in [0.2, 0.25) is 0 Å². The third-order valence-corrected chi connectivity index (χ3v) is 0.303. The summed E-state index contributed by atoms with van der Waals surface area (Å²) in [6.07, 6.45) is 2.68. The third-order valence-electron chi connectivity index (χ3n) is 0.303. The molecule has 0 aromatic rings. The summed E-state index contributed by atoms with van der Waals surface area (Å²) >= 11 is 0. The van der Waals surface area contributed by atoms with Gasteiger partial charge >= 0.3 is 5.97 Å². The SMILES string of the molecule is [2H]OC(=O)C=CC. The van der Waals surface area contributed by atoms with E-state index >= 15 is 0 Å². The van der Waals surface area contributed by atoms with Crippen LogP contribution in [0.1, 0.15) is 6.92 Å². The molecule has 0 radical (unpaired) electrons. The molecule has 2 nitrogen and oxygen atoms in total. The highest BCUT2D eigenvalue weighted by atomic mass is 16.4. The van der Waals surface area contributed by atoms with Crippen molar-refractivity contribution in [3.05, 3.63) is 12.2 Å². The minimum Gasteiger partial charge on any atom is -0.478 e. The summed E-state index contributed by atoms with van der Waals surface area (Å²) in [6, 6.07) is 0. The first-order valence-electron chi connectivity index (χ1n) is 2.02. The van der Waals surface area contributed by atoms with Gasteiger partial charge in [-0.15, -0.1) is 0 Å². The minimum absolute atomic E-state index is 0.637. The first-order valence-corrected chi connectivity index (χ1v) is 1.61. The fourth-order valence-corrected chi connectivity index (χ4v) is 0.136. The average Bonchev–Trinajstić information content (AvgIpc) is 1.68. The van der Waals surface area contributed by atoms with Gasteiger partial charge in [0.25, 0.3) is 1.43 Å². The molecule has 0 saturated carbocycles. The van der Waals surface area contributed by atoms with Crippen LogP contribution in [-0.4, -0.2) is 11.1 Å². The standard InChI is InChI=1S/C4H6O2/c1-2-3-4(5)6/h2-3H,1H3,(H,5,6)/i/hD. The maximum atomic E-state index is 9.92. The maximum Gasteiger partial charge on any atom is 0.327 e. The van der Waals surface area contributed by atoms with Crippen LogP contribution in [0.4, 0.5) is 0 Å². The summed E-state index contributed by atoms with van der Waals surface area (Å²) in [5.74, 6) is -0.637. The summed E-state index contributed by atoms with van der Waals surface area (Å²) in [6.45, 7) is 1.68. The lowest BCUT2D eigenvalue weighted by Crippen LogP contribution is -1.83. The summed E-state index contributed by atoms with van der Waals surface area (Å²) in [5, 5.41) is 3.51. The fraction of sp³-hybridized carbons (Fsp3) is 0.250. The van der Waals surface area contributed by atoms with E-state index in [1.807, 2.05) is 0 Å². The molecule has 0 heterocycles. The topological polar surface area (TPSA) is 37.3 Å². The average molecular weight is 87.1 g/mol. The number of aliphatic carboxylic acids is 1. The van der Waals surface area contributed by atoms with Crippen molar-refractivity contribution in [3.63, 3.8) is 0 Å². The van der Waals surface area contributed by atoms with E-state index < -0.39 is 5.97 Å². The second-order valence-corrected chi connectivity index (χ2v) is 0.819. The van der Waals surface area contributed by atoms with Crippen molar-refractivity contribution in [2.75, 3.05) is 0 Å². The molecule has 0 unspecified atom stereocenters. The normalized spacial score (nSPS) is 11.2. The van der Waals surface area contributed by atoms with Crippen LogP contribution >= 0.6 is 0 Å². The van der Waals surface area contributed by atoms with E-state index in [2.05, 4.69) is 5.11 Å². The fourth-order valence-electron chi connectivity index (χ4n) is 0.136. The van der Waals surface area contributed by atoms with Crippen LogP contribution in [0.25, 0.3) is 1.43 Å². The van der Waals surface area contributed by atoms with Gasteiger partial charge in [0.05, 0.1) is 0 Å². The predicted molar refractivity (Wildman–Crippen MR) is 22.4 cm³/mol. The number of carboxylic acid groups (broad SMARTS) is 1. The van der Waals surface area contributed by atoms with Crippen LogP contribution in [0.3, 0.4) is 0 Å². The number of hydrogen-bond acceptors (Lipinski definition) is 2. The molecular formula is C4H6O2. The summed E-state index contributed by atoms with van der Waals surface area (Å²) in [4.78, 5) is 9.92. The third kappa shape index (κ3) is 3.21. The van der Waals surface area contributed by atoms with E-state index in [-0.39, 0.29) is 0 Å². The number of carbonyl (C=O) groups is 1. The van der Waals surface area contributed by atoms with E-state index in [4.69, 9.17) is 1.43 Å². The molecular weight excluding hydrogens is 80.0 g/mol. The Balaban J connectivity index is 3.37. The van der Waals surface area contributed by atoms with Crippen molar-refractivity contribution < 1.29 is 9.90 Å². The lowest BCUT2D eigenvalue weighted by Gasteiger charge is -1.68. The zero-order valence-corrected chi connectivity index (χ0v) is 3.47. The molecule has 0 atom stereocenters. The second kappa shape index (κ2) is 2.45. The maximum absolute atomic E-state index is 9.92. The van der Waals surface area contributed by atoms with Gasteiger partial charge in [0.2, 0.25) is 0 Å². The predicted octanol–water partition coefficient (Wildman–Crippen LogP) is 0.647. The van der Waals surface area contributed by atoms with E-state index in [0.29, 0.717) is 0 Å². The van der Waals surface area contributed by atoms with Crippen LogP contribution in [0, 0.1) is 0 Å². The monoisotopic (exact) mass is 87.0 g/mol. The van der Waals surface area contributed by atoms with Gasteiger partial charge < -0.3 is 5.11 Å². The van der Waals surface area contributed by atoms with Gasteiger partial charge in [-0.3, -0.25) is 0 Å². The van der Waals surface area contributed by atoms with E-state index in [1.54, 1.807) is 6.92 Å². The van der Waals surface area contributed by atoms with Crippen LogP contribution in [0.15, 0.2) is 12.2 Å². The van der Waals surface area contributed by atoms with Crippen molar-refractivity contribution in [2.24, 2.45) is 0 Å². The van der Waals surface area contributed by atoms with E-state index in [9.17, 15) is 4.79 Å². The first-order chi connectivity index (χ1) is 3.31. The molecule has 0 aliphatic rings. The Labute approximate surface area is 37.6 Å². The van der Waals surface area contributed by atoms with Crippen molar-refractivity contribution in [1.29, 1.82) is 1.43 Å². The highest BCUT2D eigenvalue weighted by Gasteiger charge is 1.76. The van der Waals surface area contributed by atoms with E-state index in [1.165, 1.54) is 12.2 Å². The van der Waals surface area contributed by atoms with Crippen molar-refractivity contribution >= 4 is 5.97 Å². The molecule has 0 aliphatic carbocycles. The molecule has 0 fully saturated rings. The molecule has 0 saturated heterocycles. The Morgan fingerprint density at radius 2 is 2.83 bits per heavy atom. The first kappa shape index (κ1) is 3.40. The number of rotatable bonds is 1. The molecule has 0 amide bonds. The zero-order valence-electron chi connectivity index (χ0n) is 4.47. The summed E-state index contributed by atoms with van der Waals surface area (Å²) < 4.78 is 6.01. The molecule has 0 aliphatic heterocycles. The quantitative estimate of drug-likeness (QED) is 0.477. The van der Waals surface area contributed by atoms with Crippen LogP contribution in [0.5, 0.6) is 0 Å². The van der Waals surface area contributed by atoms with Crippen LogP contribution < -0.4 is 0 Å². The van der Waals surface area contributed by atoms with Gasteiger partial charge in [0, 0.05) is 6.08 Å². The number of allylic oxidation sites excluding steroid dienone is 1. The van der Waals surface area contributed by atoms with Gasteiger partial charge in [0.15, 0.2) is 0 Å². The molecule has 0 aromatic carbocycles. The molecule has 0 spiro atoms. The largest absolute Gasteiger partial charge is 0.478 e. The van der Waals surface area contributed by atoms with E-state index in [0.717, 1.165) is 0 Å². The Bertz CT molecular complexity index is 87.7. The second-order valence-electron chi connectivity index (χ2n) is 0.819. The molecule has 0 bridgehead atoms. The molecule has 2 heteroatoms. The zero-order chi connectivity index (χ0) is 5.70. The van der Waals surface area contributed by atoms with Crippen molar-refractivity contribution in [3.8, 4) is 0 Å².